The molecular formula is C9H11N3. The maximum Gasteiger partial charge on any atom is 0.0995 e. The second kappa shape index (κ2) is 2.52. The Morgan fingerprint density at radius 3 is 3.08 bits per heavy atom. The Morgan fingerprint density at radius 1 is 1.50 bits per heavy atom. The van der Waals surface area contributed by atoms with Crippen molar-refractivity contribution in [2.75, 3.05) is 12.4 Å². The molecule has 0 fully saturated rings. The van der Waals surface area contributed by atoms with Crippen molar-refractivity contribution in [3.8, 4) is 0 Å². The quantitative estimate of drug-likeness (QED) is 0.689. The minimum absolute atomic E-state index is 1.06. The molecule has 0 saturated heterocycles. The van der Waals surface area contributed by atoms with Crippen molar-refractivity contribution in [1.29, 1.82) is 0 Å². The number of nitrogens with one attached hydrogen (secondary N) is 1. The molecule has 3 nitrogen and oxygen atoms in total. The first-order chi connectivity index (χ1) is 5.83. The Labute approximate surface area is 71.0 Å². The van der Waals surface area contributed by atoms with Crippen molar-refractivity contribution in [3.63, 3.8) is 0 Å². The van der Waals surface area contributed by atoms with Crippen LogP contribution in [0.1, 0.15) is 5.69 Å². The number of fused-ring (bicyclic) bond motifs is 1. The SMILES string of the molecule is CNc1cccn2cnc(C)c12. The summed E-state index contributed by atoms with van der Waals surface area (Å²) in [7, 11) is 1.92. The predicted octanol–water partition coefficient (Wildman–Crippen LogP) is 1.68. The van der Waals surface area contributed by atoms with Crippen molar-refractivity contribution in [2.45, 2.75) is 6.92 Å². The first-order valence-electron chi connectivity index (χ1n) is 3.93. The third-order valence-electron chi connectivity index (χ3n) is 2.01. The molecule has 0 saturated carbocycles. The molecule has 0 amide bonds. The molecule has 2 aromatic heterocycles. The molecule has 1 N–H and O–H groups in total. The van der Waals surface area contributed by atoms with Gasteiger partial charge in [0.2, 0.25) is 0 Å². The number of anilines is 1. The third-order valence-corrected chi connectivity index (χ3v) is 2.01. The molecular weight excluding hydrogens is 150 g/mol. The molecule has 0 aliphatic rings. The number of hydrogen-bond donors (Lipinski definition) is 1. The lowest BCUT2D eigenvalue weighted by atomic mass is 10.3. The van der Waals surface area contributed by atoms with Gasteiger partial charge in [0.15, 0.2) is 0 Å². The van der Waals surface area contributed by atoms with E-state index in [-0.39, 0.29) is 0 Å². The largest absolute Gasteiger partial charge is 0.386 e. The highest BCUT2D eigenvalue weighted by Crippen LogP contribution is 2.18. The molecule has 0 aliphatic heterocycles. The van der Waals surface area contributed by atoms with Gasteiger partial charge in [0, 0.05) is 13.2 Å². The van der Waals surface area contributed by atoms with Crippen LogP contribution in [0, 0.1) is 6.92 Å². The predicted molar refractivity (Wildman–Crippen MR) is 49.5 cm³/mol. The van der Waals surface area contributed by atoms with Gasteiger partial charge in [0.25, 0.3) is 0 Å². The van der Waals surface area contributed by atoms with E-state index in [1.165, 1.54) is 0 Å². The van der Waals surface area contributed by atoms with E-state index in [1.807, 2.05) is 43.0 Å². The van der Waals surface area contributed by atoms with Crippen LogP contribution in [0.25, 0.3) is 5.52 Å². The first-order valence-corrected chi connectivity index (χ1v) is 3.93. The van der Waals surface area contributed by atoms with Crippen molar-refractivity contribution in [3.05, 3.63) is 30.4 Å². The lowest BCUT2D eigenvalue weighted by Crippen LogP contribution is -1.92. The Hall–Kier alpha value is -1.51. The summed E-state index contributed by atoms with van der Waals surface area (Å²) in [5.74, 6) is 0. The molecule has 12 heavy (non-hydrogen) atoms. The van der Waals surface area contributed by atoms with Crippen LogP contribution in [0.5, 0.6) is 0 Å². The lowest BCUT2D eigenvalue weighted by Gasteiger charge is -2.02. The fourth-order valence-corrected chi connectivity index (χ4v) is 1.41. The molecule has 0 radical (unpaired) electrons. The second-order valence-electron chi connectivity index (χ2n) is 2.76. The van der Waals surface area contributed by atoms with Gasteiger partial charge in [0.1, 0.15) is 0 Å². The van der Waals surface area contributed by atoms with Crippen molar-refractivity contribution < 1.29 is 0 Å². The van der Waals surface area contributed by atoms with E-state index in [2.05, 4.69) is 10.3 Å². The summed E-state index contributed by atoms with van der Waals surface area (Å²) < 4.78 is 2.02. The molecule has 0 bridgehead atoms. The van der Waals surface area contributed by atoms with Crippen LogP contribution in [0.4, 0.5) is 5.69 Å². The number of imidazole rings is 1. The van der Waals surface area contributed by atoms with Crippen LogP contribution in [-0.2, 0) is 0 Å². The van der Waals surface area contributed by atoms with E-state index in [9.17, 15) is 0 Å². The molecule has 2 aromatic rings. The summed E-state index contributed by atoms with van der Waals surface area (Å²) in [5.41, 5.74) is 3.33. The van der Waals surface area contributed by atoms with E-state index in [0.29, 0.717) is 0 Å². The van der Waals surface area contributed by atoms with Crippen LogP contribution in [0.2, 0.25) is 0 Å². The van der Waals surface area contributed by atoms with Gasteiger partial charge in [-0.05, 0) is 19.1 Å². The first kappa shape index (κ1) is 7.16. The highest BCUT2D eigenvalue weighted by atomic mass is 15.0. The number of rotatable bonds is 1. The molecule has 0 atom stereocenters. The Kier molecular flexibility index (Phi) is 1.50. The maximum absolute atomic E-state index is 4.23. The second-order valence-corrected chi connectivity index (χ2v) is 2.76. The fourth-order valence-electron chi connectivity index (χ4n) is 1.41. The molecule has 3 heteroatoms. The van der Waals surface area contributed by atoms with Crippen molar-refractivity contribution in [2.24, 2.45) is 0 Å². The highest BCUT2D eigenvalue weighted by Gasteiger charge is 2.02. The zero-order valence-electron chi connectivity index (χ0n) is 7.20. The van der Waals surface area contributed by atoms with Gasteiger partial charge < -0.3 is 9.72 Å². The topological polar surface area (TPSA) is 29.3 Å². The molecule has 0 aromatic carbocycles. The Morgan fingerprint density at radius 2 is 2.33 bits per heavy atom. The van der Waals surface area contributed by atoms with Crippen LogP contribution >= 0.6 is 0 Å². The number of pyridine rings is 1. The minimum atomic E-state index is 1.06. The van der Waals surface area contributed by atoms with E-state index in [1.54, 1.807) is 0 Å². The number of aromatic nitrogens is 2. The van der Waals surface area contributed by atoms with Crippen LogP contribution in [0.3, 0.4) is 0 Å². The van der Waals surface area contributed by atoms with Gasteiger partial charge >= 0.3 is 0 Å². The molecule has 2 rings (SSSR count). The van der Waals surface area contributed by atoms with E-state index < -0.39 is 0 Å². The summed E-state index contributed by atoms with van der Waals surface area (Å²) in [6, 6.07) is 4.05. The highest BCUT2D eigenvalue weighted by molar-refractivity contribution is 5.73. The smallest absolute Gasteiger partial charge is 0.0995 e. The zero-order chi connectivity index (χ0) is 8.55. The van der Waals surface area contributed by atoms with Gasteiger partial charge in [-0.15, -0.1) is 0 Å². The van der Waals surface area contributed by atoms with Crippen LogP contribution in [0.15, 0.2) is 24.7 Å². The fraction of sp³-hybridized carbons (Fsp3) is 0.222. The normalized spacial score (nSPS) is 10.5. The van der Waals surface area contributed by atoms with Gasteiger partial charge in [-0.3, -0.25) is 0 Å². The number of aryl methyl sites for hydroxylation is 1. The van der Waals surface area contributed by atoms with Gasteiger partial charge in [-0.25, -0.2) is 4.98 Å². The average Bonchev–Trinajstić information content (AvgIpc) is 2.48. The minimum Gasteiger partial charge on any atom is -0.386 e. The van der Waals surface area contributed by atoms with E-state index in [0.717, 1.165) is 16.9 Å². The lowest BCUT2D eigenvalue weighted by molar-refractivity contribution is 1.15. The third kappa shape index (κ3) is 0.863. The monoisotopic (exact) mass is 161 g/mol. The number of nitrogens with zero attached hydrogens (tertiary/aromatic N) is 2. The average molecular weight is 161 g/mol. The summed E-state index contributed by atoms with van der Waals surface area (Å²) in [6.07, 6.45) is 3.82. The summed E-state index contributed by atoms with van der Waals surface area (Å²) >= 11 is 0. The van der Waals surface area contributed by atoms with E-state index in [4.69, 9.17) is 0 Å². The van der Waals surface area contributed by atoms with Crippen molar-refractivity contribution >= 4 is 11.2 Å². The molecule has 2 heterocycles. The Balaban J connectivity index is 2.84. The zero-order valence-corrected chi connectivity index (χ0v) is 7.20. The maximum atomic E-state index is 4.23. The standard InChI is InChI=1S/C9H11N3/c1-7-9-8(10-2)4-3-5-12(9)6-11-7/h3-6,10H,1-2H3. The van der Waals surface area contributed by atoms with Crippen LogP contribution in [-0.4, -0.2) is 16.4 Å². The molecule has 0 aliphatic carbocycles. The summed E-state index contributed by atoms with van der Waals surface area (Å²) in [5, 5.41) is 3.14. The molecule has 62 valence electrons. The number of hydrogen-bond acceptors (Lipinski definition) is 2. The Bertz CT molecular complexity index is 403. The van der Waals surface area contributed by atoms with Gasteiger partial charge in [-0.1, -0.05) is 0 Å². The van der Waals surface area contributed by atoms with E-state index >= 15 is 0 Å². The van der Waals surface area contributed by atoms with Crippen LogP contribution < -0.4 is 5.32 Å². The van der Waals surface area contributed by atoms with Gasteiger partial charge in [-0.2, -0.15) is 0 Å². The summed E-state index contributed by atoms with van der Waals surface area (Å²) in [6.45, 7) is 2.01. The van der Waals surface area contributed by atoms with Gasteiger partial charge in [0.05, 0.1) is 23.2 Å². The molecule has 0 unspecified atom stereocenters. The summed E-state index contributed by atoms with van der Waals surface area (Å²) in [4.78, 5) is 4.23. The van der Waals surface area contributed by atoms with Crippen molar-refractivity contribution in [1.82, 2.24) is 9.38 Å². The molecule has 0 spiro atoms.